The minimum atomic E-state index is -0.788. The molecule has 0 rings (SSSR count). The van der Waals surface area contributed by atoms with E-state index in [9.17, 15) is 14.7 Å². The molecule has 0 bridgehead atoms. The van der Waals surface area contributed by atoms with Crippen molar-refractivity contribution in [1.82, 2.24) is 0 Å². The highest BCUT2D eigenvalue weighted by Crippen LogP contribution is 2.17. The van der Waals surface area contributed by atoms with E-state index >= 15 is 0 Å². The van der Waals surface area contributed by atoms with Crippen molar-refractivity contribution in [3.05, 3.63) is 182 Å². The van der Waals surface area contributed by atoms with Gasteiger partial charge < -0.3 is 14.6 Å². The van der Waals surface area contributed by atoms with Crippen LogP contribution in [0.15, 0.2) is 182 Å². The summed E-state index contributed by atoms with van der Waals surface area (Å²) >= 11 is 0. The summed E-state index contributed by atoms with van der Waals surface area (Å²) in [7, 11) is 0. The van der Waals surface area contributed by atoms with E-state index in [1.807, 2.05) is 0 Å². The average molecular weight is 1210 g/mol. The zero-order chi connectivity index (χ0) is 63.3. The zero-order valence-electron chi connectivity index (χ0n) is 56.9. The molecule has 0 spiro atoms. The van der Waals surface area contributed by atoms with Crippen molar-refractivity contribution in [3.63, 3.8) is 0 Å². The maximum absolute atomic E-state index is 12.4. The summed E-state index contributed by atoms with van der Waals surface area (Å²) < 4.78 is 10.8. The minimum absolute atomic E-state index is 0.0756. The second kappa shape index (κ2) is 76.2. The fourth-order valence-electron chi connectivity index (χ4n) is 9.85. The number of carbonyl (C=O) groups excluding carboxylic acids is 2. The van der Waals surface area contributed by atoms with Crippen LogP contribution in [0.5, 0.6) is 0 Å². The number of esters is 2. The van der Waals surface area contributed by atoms with Crippen LogP contribution in [0.25, 0.3) is 0 Å². The number of rotatable bonds is 65. The first kappa shape index (κ1) is 83.0. The number of hydrogen-bond donors (Lipinski definition) is 1. The predicted octanol–water partition coefficient (Wildman–Crippen LogP) is 25.8. The molecule has 0 aliphatic rings. The maximum atomic E-state index is 12.4. The van der Waals surface area contributed by atoms with Crippen LogP contribution >= 0.6 is 0 Å². The highest BCUT2D eigenvalue weighted by Gasteiger charge is 2.16. The Labute approximate surface area is 544 Å². The van der Waals surface area contributed by atoms with Gasteiger partial charge >= 0.3 is 11.9 Å². The number of aliphatic hydroxyl groups excluding tert-OH is 1. The van der Waals surface area contributed by atoms with Crippen LogP contribution in [0.1, 0.15) is 309 Å². The van der Waals surface area contributed by atoms with Gasteiger partial charge in [-0.25, -0.2) is 0 Å². The number of aliphatic hydroxyl groups is 1. The fraction of sp³-hybridized carbons (Fsp3) is 0.614. The molecule has 1 unspecified atom stereocenters. The first-order valence-corrected chi connectivity index (χ1v) is 36.3. The lowest BCUT2D eigenvalue weighted by molar-refractivity contribution is -0.161. The smallest absolute Gasteiger partial charge is 0.306 e. The molecule has 0 saturated heterocycles. The molecule has 0 aliphatic carbocycles. The molecular weight excluding hydrogens is 1080 g/mol. The quantitative estimate of drug-likeness (QED) is 0.0373. The summed E-state index contributed by atoms with van der Waals surface area (Å²) in [5, 5.41) is 9.71. The number of carbonyl (C=O) groups is 2. The van der Waals surface area contributed by atoms with Gasteiger partial charge in [-0.2, -0.15) is 0 Å². The Morgan fingerprint density at radius 1 is 0.261 bits per heavy atom. The molecule has 0 amide bonds. The van der Waals surface area contributed by atoms with Gasteiger partial charge in [0.25, 0.3) is 0 Å². The van der Waals surface area contributed by atoms with Gasteiger partial charge in [-0.1, -0.05) is 344 Å². The Kier molecular flexibility index (Phi) is 71.9. The molecule has 5 heteroatoms. The van der Waals surface area contributed by atoms with Crippen LogP contribution in [0.2, 0.25) is 0 Å². The number of allylic oxidation sites excluding steroid dienone is 30. The second-order valence-electron chi connectivity index (χ2n) is 23.6. The van der Waals surface area contributed by atoms with Crippen LogP contribution < -0.4 is 0 Å². The van der Waals surface area contributed by atoms with E-state index in [-0.39, 0.29) is 25.2 Å². The van der Waals surface area contributed by atoms with Gasteiger partial charge in [-0.3, -0.25) is 9.59 Å². The summed E-state index contributed by atoms with van der Waals surface area (Å²) in [6, 6.07) is 0. The van der Waals surface area contributed by atoms with Crippen molar-refractivity contribution in [2.24, 2.45) is 0 Å². The lowest BCUT2D eigenvalue weighted by Gasteiger charge is -2.15. The van der Waals surface area contributed by atoms with Gasteiger partial charge in [0, 0.05) is 12.8 Å². The van der Waals surface area contributed by atoms with Crippen molar-refractivity contribution in [1.29, 1.82) is 0 Å². The van der Waals surface area contributed by atoms with Crippen molar-refractivity contribution in [2.75, 3.05) is 13.2 Å². The van der Waals surface area contributed by atoms with Gasteiger partial charge in [0.2, 0.25) is 0 Å². The van der Waals surface area contributed by atoms with E-state index in [2.05, 4.69) is 196 Å². The monoisotopic (exact) mass is 1210 g/mol. The standard InChI is InChI=1S/C83H134O5/c1-3-5-7-9-11-13-15-17-19-21-23-25-27-29-31-33-35-37-39-41-43-45-47-49-51-53-55-57-59-61-63-65-67-69-71-73-75-77-82(85)87-80-81(79-84)88-83(86)78-76-74-72-70-68-66-64-62-60-58-56-54-52-50-48-46-44-42-40-38-36-34-32-30-28-26-24-22-20-18-16-14-12-10-8-6-4-2/h5-8,11-14,17-20,23-26,29-32,35-38,42,44,48,50,54,56,81,84H,3-4,9-10,15-16,21-22,27-28,33-34,39-41,43,45-47,49,51-53,55,57-80H2,1-2H3/b7-5-,8-6-,13-11-,14-12-,19-17-,20-18-,25-23-,26-24-,31-29-,32-30-,37-35-,38-36-,44-42-,50-48-,56-54-. The molecule has 0 aromatic rings. The molecule has 88 heavy (non-hydrogen) atoms. The summed E-state index contributed by atoms with van der Waals surface area (Å²) in [5.74, 6) is -0.598. The SMILES string of the molecule is CC/C=C\C/C=C\C/C=C\C/C=C\C/C=C\C/C=C\C/C=C\C/C=C\C/C=C\CCCCCCCCCCCC(=O)OC(CO)COC(=O)CCCCCCCCCCCCCCCCCCCC/C=C\C/C=C\C/C=C\C/C=C\C/C=C\C/C=C\CC. The molecule has 0 aliphatic heterocycles. The van der Waals surface area contributed by atoms with Crippen LogP contribution in [0.4, 0.5) is 0 Å². The molecule has 0 saturated carbocycles. The van der Waals surface area contributed by atoms with Crippen LogP contribution in [-0.4, -0.2) is 36.4 Å². The second-order valence-corrected chi connectivity index (χ2v) is 23.6. The van der Waals surface area contributed by atoms with Gasteiger partial charge in [-0.05, 0) is 135 Å². The Bertz CT molecular complexity index is 1960. The Hall–Kier alpha value is -5.00. The van der Waals surface area contributed by atoms with Crippen molar-refractivity contribution in [2.45, 2.75) is 315 Å². The third-order valence-electron chi connectivity index (χ3n) is 15.2. The Morgan fingerprint density at radius 3 is 0.682 bits per heavy atom. The molecule has 0 radical (unpaired) electrons. The maximum Gasteiger partial charge on any atom is 0.306 e. The normalized spacial score (nSPS) is 13.4. The molecule has 496 valence electrons. The van der Waals surface area contributed by atoms with Gasteiger partial charge in [-0.15, -0.1) is 0 Å². The molecule has 0 aromatic heterocycles. The van der Waals surface area contributed by atoms with E-state index < -0.39 is 6.10 Å². The predicted molar refractivity (Wildman–Crippen MR) is 389 cm³/mol. The highest BCUT2D eigenvalue weighted by atomic mass is 16.6. The van der Waals surface area contributed by atoms with Crippen LogP contribution in [0, 0.1) is 0 Å². The number of unbranched alkanes of at least 4 members (excludes halogenated alkanes) is 27. The van der Waals surface area contributed by atoms with E-state index in [0.717, 1.165) is 141 Å². The van der Waals surface area contributed by atoms with Gasteiger partial charge in [0.05, 0.1) is 6.61 Å². The summed E-state index contributed by atoms with van der Waals surface area (Å²) in [5.41, 5.74) is 0. The molecule has 1 N–H and O–H groups in total. The van der Waals surface area contributed by atoms with E-state index in [1.54, 1.807) is 0 Å². The van der Waals surface area contributed by atoms with Crippen molar-refractivity contribution in [3.8, 4) is 0 Å². The highest BCUT2D eigenvalue weighted by molar-refractivity contribution is 5.70. The molecule has 1 atom stereocenters. The van der Waals surface area contributed by atoms with E-state index in [1.165, 1.54) is 141 Å². The first-order chi connectivity index (χ1) is 43.6. The molecular formula is C83H134O5. The zero-order valence-corrected chi connectivity index (χ0v) is 56.9. The van der Waals surface area contributed by atoms with Crippen molar-refractivity contribution >= 4 is 11.9 Å². The van der Waals surface area contributed by atoms with Crippen molar-refractivity contribution < 1.29 is 24.2 Å². The number of ether oxygens (including phenoxy) is 2. The largest absolute Gasteiger partial charge is 0.462 e. The van der Waals surface area contributed by atoms with E-state index in [0.29, 0.717) is 12.8 Å². The third kappa shape index (κ3) is 73.5. The molecule has 0 fully saturated rings. The molecule has 0 aromatic carbocycles. The van der Waals surface area contributed by atoms with E-state index in [4.69, 9.17) is 9.47 Å². The van der Waals surface area contributed by atoms with Crippen LogP contribution in [-0.2, 0) is 19.1 Å². The topological polar surface area (TPSA) is 72.8 Å². The molecule has 0 heterocycles. The van der Waals surface area contributed by atoms with Gasteiger partial charge in [0.1, 0.15) is 6.61 Å². The summed E-state index contributed by atoms with van der Waals surface area (Å²) in [6.07, 6.45) is 119. The number of hydrogen-bond acceptors (Lipinski definition) is 5. The average Bonchev–Trinajstić information content (AvgIpc) is 3.55. The van der Waals surface area contributed by atoms with Crippen LogP contribution in [0.3, 0.4) is 0 Å². The lowest BCUT2D eigenvalue weighted by atomic mass is 10.0. The van der Waals surface area contributed by atoms with Gasteiger partial charge in [0.15, 0.2) is 6.10 Å². The summed E-state index contributed by atoms with van der Waals surface area (Å²) in [6.45, 7) is 3.92. The summed E-state index contributed by atoms with van der Waals surface area (Å²) in [4.78, 5) is 24.7. The lowest BCUT2D eigenvalue weighted by Crippen LogP contribution is -2.28. The molecule has 5 nitrogen and oxygen atoms in total. The first-order valence-electron chi connectivity index (χ1n) is 36.3. The minimum Gasteiger partial charge on any atom is -0.462 e. The Balaban J connectivity index is 3.53. The third-order valence-corrected chi connectivity index (χ3v) is 15.2. The Morgan fingerprint density at radius 2 is 0.455 bits per heavy atom. The fourth-order valence-corrected chi connectivity index (χ4v) is 9.85.